The van der Waals surface area contributed by atoms with Crippen LogP contribution in [0.5, 0.6) is 0 Å². The molecule has 1 saturated carbocycles. The third-order valence-corrected chi connectivity index (χ3v) is 5.72. The highest BCUT2D eigenvalue weighted by Gasteiger charge is 2.26. The van der Waals surface area contributed by atoms with Crippen molar-refractivity contribution in [2.75, 3.05) is 32.7 Å². The van der Waals surface area contributed by atoms with Crippen molar-refractivity contribution in [2.45, 2.75) is 32.4 Å². The summed E-state index contributed by atoms with van der Waals surface area (Å²) in [5.41, 5.74) is 2.37. The van der Waals surface area contributed by atoms with Gasteiger partial charge in [0.25, 0.3) is 5.89 Å². The molecule has 0 radical (unpaired) electrons. The van der Waals surface area contributed by atoms with Crippen LogP contribution in [0.25, 0.3) is 22.7 Å². The predicted molar refractivity (Wildman–Crippen MR) is 113 cm³/mol. The molecular formula is C22H26N6O3. The molecule has 0 unspecified atom stereocenters. The Bertz CT molecular complexity index is 1030. The molecule has 1 aliphatic heterocycles. The van der Waals surface area contributed by atoms with Crippen LogP contribution in [0.3, 0.4) is 0 Å². The normalized spacial score (nSPS) is 17.7. The minimum absolute atomic E-state index is 0.135. The molecule has 1 saturated heterocycles. The minimum atomic E-state index is 0.135. The van der Waals surface area contributed by atoms with Crippen molar-refractivity contribution in [1.82, 2.24) is 30.5 Å². The third-order valence-electron chi connectivity index (χ3n) is 5.72. The van der Waals surface area contributed by atoms with Gasteiger partial charge in [0.05, 0.1) is 13.1 Å². The average molecular weight is 422 g/mol. The molecule has 0 atom stereocenters. The lowest BCUT2D eigenvalue weighted by molar-refractivity contribution is -0.122. The maximum Gasteiger partial charge on any atom is 0.253 e. The summed E-state index contributed by atoms with van der Waals surface area (Å²) in [7, 11) is 0. The van der Waals surface area contributed by atoms with Crippen LogP contribution in [0.1, 0.15) is 24.5 Å². The molecule has 1 amide bonds. The summed E-state index contributed by atoms with van der Waals surface area (Å²) < 4.78 is 11.4. The molecule has 3 heterocycles. The average Bonchev–Trinajstić information content (AvgIpc) is 3.33. The van der Waals surface area contributed by atoms with Gasteiger partial charge in [-0.25, -0.2) is 0 Å². The van der Waals surface area contributed by atoms with Gasteiger partial charge in [0.15, 0.2) is 0 Å². The van der Waals surface area contributed by atoms with E-state index < -0.39 is 0 Å². The topological polar surface area (TPSA) is 101 Å². The molecule has 2 aromatic heterocycles. The lowest BCUT2D eigenvalue weighted by Crippen LogP contribution is -2.49. The quantitative estimate of drug-likeness (QED) is 0.618. The molecule has 3 aromatic rings. The Balaban J connectivity index is 1.20. The highest BCUT2D eigenvalue weighted by Crippen LogP contribution is 2.33. The predicted octanol–water partition coefficient (Wildman–Crippen LogP) is 2.10. The van der Waals surface area contributed by atoms with E-state index in [0.717, 1.165) is 50.1 Å². The second-order valence-electron chi connectivity index (χ2n) is 8.22. The van der Waals surface area contributed by atoms with Crippen LogP contribution >= 0.6 is 0 Å². The SMILES string of the molecule is Cc1onc(-c2ccccc2)c1-c1nnc(CN2CCN(CC(=O)NC3CC3)CC2)o1. The lowest BCUT2D eigenvalue weighted by Gasteiger charge is -2.33. The molecule has 31 heavy (non-hydrogen) atoms. The van der Waals surface area contributed by atoms with Gasteiger partial charge in [-0.2, -0.15) is 0 Å². The zero-order valence-corrected chi connectivity index (χ0v) is 17.6. The van der Waals surface area contributed by atoms with Gasteiger partial charge >= 0.3 is 0 Å². The number of nitrogens with zero attached hydrogens (tertiary/aromatic N) is 5. The summed E-state index contributed by atoms with van der Waals surface area (Å²) in [6, 6.07) is 10.2. The van der Waals surface area contributed by atoms with E-state index in [-0.39, 0.29) is 5.91 Å². The lowest BCUT2D eigenvalue weighted by atomic mass is 10.1. The minimum Gasteiger partial charge on any atom is -0.419 e. The molecule has 0 bridgehead atoms. The fourth-order valence-electron chi connectivity index (χ4n) is 3.84. The number of aryl methyl sites for hydroxylation is 1. The van der Waals surface area contributed by atoms with Crippen LogP contribution in [0.4, 0.5) is 0 Å². The summed E-state index contributed by atoms with van der Waals surface area (Å²) in [6.07, 6.45) is 2.24. The Labute approximate surface area is 180 Å². The summed E-state index contributed by atoms with van der Waals surface area (Å²) in [5.74, 6) is 1.76. The van der Waals surface area contributed by atoms with Gasteiger partial charge in [-0.05, 0) is 19.8 Å². The second kappa shape index (κ2) is 8.60. The van der Waals surface area contributed by atoms with Crippen LogP contribution in [-0.2, 0) is 11.3 Å². The van der Waals surface area contributed by atoms with Gasteiger partial charge in [0, 0.05) is 37.8 Å². The van der Waals surface area contributed by atoms with E-state index >= 15 is 0 Å². The molecule has 1 N–H and O–H groups in total. The van der Waals surface area contributed by atoms with Crippen molar-refractivity contribution in [3.8, 4) is 22.7 Å². The number of piperazine rings is 1. The van der Waals surface area contributed by atoms with Gasteiger partial charge in [-0.3, -0.25) is 14.6 Å². The van der Waals surface area contributed by atoms with E-state index in [9.17, 15) is 4.79 Å². The Hall–Kier alpha value is -3.04. The molecule has 9 heteroatoms. The van der Waals surface area contributed by atoms with Crippen molar-refractivity contribution in [1.29, 1.82) is 0 Å². The number of hydrogen-bond acceptors (Lipinski definition) is 8. The van der Waals surface area contributed by atoms with Crippen LogP contribution in [0, 0.1) is 6.92 Å². The number of aromatic nitrogens is 3. The van der Waals surface area contributed by atoms with Crippen LogP contribution < -0.4 is 5.32 Å². The van der Waals surface area contributed by atoms with Crippen molar-refractivity contribution in [3.05, 3.63) is 42.0 Å². The number of carbonyl (C=O) groups excluding carboxylic acids is 1. The van der Waals surface area contributed by atoms with E-state index in [0.29, 0.717) is 42.4 Å². The first-order valence-corrected chi connectivity index (χ1v) is 10.7. The Morgan fingerprint density at radius 2 is 1.84 bits per heavy atom. The summed E-state index contributed by atoms with van der Waals surface area (Å²) in [4.78, 5) is 16.5. The molecule has 2 aliphatic rings. The fourth-order valence-corrected chi connectivity index (χ4v) is 3.84. The van der Waals surface area contributed by atoms with Gasteiger partial charge in [-0.1, -0.05) is 35.5 Å². The number of amides is 1. The zero-order valence-electron chi connectivity index (χ0n) is 17.6. The summed E-state index contributed by atoms with van der Waals surface area (Å²) in [6.45, 7) is 6.32. The summed E-state index contributed by atoms with van der Waals surface area (Å²) >= 11 is 0. The Kier molecular flexibility index (Phi) is 5.52. The Morgan fingerprint density at radius 3 is 2.58 bits per heavy atom. The van der Waals surface area contributed by atoms with Crippen LogP contribution in [-0.4, -0.2) is 69.8 Å². The van der Waals surface area contributed by atoms with Crippen LogP contribution in [0.2, 0.25) is 0 Å². The van der Waals surface area contributed by atoms with Crippen molar-refractivity contribution >= 4 is 5.91 Å². The standard InChI is InChI=1S/C22H26N6O3/c1-15-20(21(26-31-15)16-5-3-2-4-6-16)22-25-24-19(30-22)14-28-11-9-27(10-12-28)13-18(29)23-17-7-8-17/h2-6,17H,7-14H2,1H3,(H,23,29). The van der Waals surface area contributed by atoms with Gasteiger partial charge in [0.2, 0.25) is 11.8 Å². The number of hydrogen-bond donors (Lipinski definition) is 1. The van der Waals surface area contributed by atoms with E-state index in [4.69, 9.17) is 8.94 Å². The molecule has 5 rings (SSSR count). The van der Waals surface area contributed by atoms with E-state index in [2.05, 4.69) is 30.5 Å². The molecule has 1 aromatic carbocycles. The zero-order chi connectivity index (χ0) is 21.2. The second-order valence-corrected chi connectivity index (χ2v) is 8.22. The number of nitrogens with one attached hydrogen (secondary N) is 1. The number of benzene rings is 1. The molecule has 0 spiro atoms. The highest BCUT2D eigenvalue weighted by molar-refractivity contribution is 5.78. The van der Waals surface area contributed by atoms with Crippen molar-refractivity contribution in [3.63, 3.8) is 0 Å². The molecule has 2 fully saturated rings. The highest BCUT2D eigenvalue weighted by atomic mass is 16.5. The van der Waals surface area contributed by atoms with E-state index in [1.54, 1.807) is 0 Å². The molecule has 9 nitrogen and oxygen atoms in total. The third kappa shape index (κ3) is 4.67. The largest absolute Gasteiger partial charge is 0.419 e. The van der Waals surface area contributed by atoms with Crippen molar-refractivity contribution in [2.24, 2.45) is 0 Å². The van der Waals surface area contributed by atoms with Gasteiger partial charge in [-0.15, -0.1) is 10.2 Å². The summed E-state index contributed by atoms with van der Waals surface area (Å²) in [5, 5.41) is 15.7. The van der Waals surface area contributed by atoms with E-state index in [1.807, 2.05) is 37.3 Å². The fraction of sp³-hybridized carbons (Fsp3) is 0.455. The molecule has 162 valence electrons. The van der Waals surface area contributed by atoms with Gasteiger partial charge in [0.1, 0.15) is 17.0 Å². The first kappa shape index (κ1) is 19.9. The first-order valence-electron chi connectivity index (χ1n) is 10.7. The maximum atomic E-state index is 12.0. The number of carbonyl (C=O) groups is 1. The number of rotatable bonds is 7. The smallest absolute Gasteiger partial charge is 0.253 e. The van der Waals surface area contributed by atoms with Gasteiger partial charge < -0.3 is 14.3 Å². The monoisotopic (exact) mass is 422 g/mol. The molecular weight excluding hydrogens is 396 g/mol. The van der Waals surface area contributed by atoms with Crippen molar-refractivity contribution < 1.29 is 13.7 Å². The van der Waals surface area contributed by atoms with Crippen LogP contribution in [0.15, 0.2) is 39.3 Å². The van der Waals surface area contributed by atoms with E-state index in [1.165, 1.54) is 0 Å². The maximum absolute atomic E-state index is 12.0. The molecule has 1 aliphatic carbocycles. The first-order chi connectivity index (χ1) is 15.2. The Morgan fingerprint density at radius 1 is 1.10 bits per heavy atom.